The molecule has 1 aliphatic heterocycles. The van der Waals surface area contributed by atoms with Gasteiger partial charge in [-0.15, -0.1) is 0 Å². The van der Waals surface area contributed by atoms with Gasteiger partial charge in [-0.25, -0.2) is 0 Å². The molecule has 0 spiro atoms. The van der Waals surface area contributed by atoms with Gasteiger partial charge in [-0.2, -0.15) is 18.4 Å². The molecule has 0 radical (unpaired) electrons. The fraction of sp³-hybridized carbons (Fsp3) is 0.292. The molecule has 0 saturated carbocycles. The van der Waals surface area contributed by atoms with E-state index in [1.165, 1.54) is 6.07 Å². The molecule has 1 aromatic carbocycles. The van der Waals surface area contributed by atoms with Crippen LogP contribution >= 0.6 is 0 Å². The van der Waals surface area contributed by atoms with E-state index in [2.05, 4.69) is 4.98 Å². The number of alkyl halides is 3. The highest BCUT2D eigenvalue weighted by Crippen LogP contribution is 2.39. The molecule has 33 heavy (non-hydrogen) atoms. The van der Waals surface area contributed by atoms with Crippen LogP contribution in [0.2, 0.25) is 0 Å². The monoisotopic (exact) mass is 454 g/mol. The lowest BCUT2D eigenvalue weighted by molar-refractivity contribution is -0.145. The normalized spacial score (nSPS) is 15.8. The van der Waals surface area contributed by atoms with Gasteiger partial charge in [0.2, 0.25) is 0 Å². The fourth-order valence-corrected chi connectivity index (χ4v) is 4.39. The van der Waals surface area contributed by atoms with Crippen molar-refractivity contribution in [2.75, 3.05) is 18.0 Å². The summed E-state index contributed by atoms with van der Waals surface area (Å²) in [7, 11) is 1.90. The highest BCUT2D eigenvalue weighted by Gasteiger charge is 2.44. The van der Waals surface area contributed by atoms with Gasteiger partial charge in [-0.3, -0.25) is 9.78 Å². The van der Waals surface area contributed by atoms with Gasteiger partial charge in [-0.05, 0) is 54.8 Å². The maximum atomic E-state index is 13.0. The first kappa shape index (κ1) is 22.4. The van der Waals surface area contributed by atoms with E-state index in [9.17, 15) is 28.3 Å². The molecule has 0 aliphatic carbocycles. The lowest BCUT2D eigenvalue weighted by Crippen LogP contribution is -2.47. The maximum Gasteiger partial charge on any atom is 0.416 e. The molecule has 0 bridgehead atoms. The Labute approximate surface area is 188 Å². The van der Waals surface area contributed by atoms with Gasteiger partial charge < -0.3 is 14.6 Å². The van der Waals surface area contributed by atoms with Crippen molar-refractivity contribution in [2.45, 2.75) is 24.4 Å². The highest BCUT2D eigenvalue weighted by atomic mass is 19.4. The number of halogens is 3. The number of aromatic nitrogens is 2. The number of benzene rings is 1. The molecular weight excluding hydrogens is 433 g/mol. The Morgan fingerprint density at radius 1 is 1.18 bits per heavy atom. The quantitative estimate of drug-likeness (QED) is 0.623. The van der Waals surface area contributed by atoms with E-state index >= 15 is 0 Å². The molecule has 3 heterocycles. The van der Waals surface area contributed by atoms with E-state index in [1.807, 2.05) is 36.0 Å². The predicted octanol–water partition coefficient (Wildman–Crippen LogP) is 4.60. The SMILES string of the molecule is Cn1cccc1-c1ccc(C2(C(=O)O)CCN(c3ccc(C(F)(F)F)cc3C#N)CC2)cn1. The number of carboxylic acid groups (broad SMARTS) is 1. The molecular formula is C24H21F3N4O2. The minimum absolute atomic E-state index is 0.0822. The van der Waals surface area contributed by atoms with Gasteiger partial charge in [0.25, 0.3) is 0 Å². The Morgan fingerprint density at radius 2 is 1.91 bits per heavy atom. The number of piperidine rings is 1. The third-order valence-corrected chi connectivity index (χ3v) is 6.33. The van der Waals surface area contributed by atoms with Crippen LogP contribution in [0.3, 0.4) is 0 Å². The highest BCUT2D eigenvalue weighted by molar-refractivity contribution is 5.82. The van der Waals surface area contributed by atoms with Crippen molar-refractivity contribution < 1.29 is 23.1 Å². The molecule has 1 aliphatic rings. The van der Waals surface area contributed by atoms with Crippen molar-refractivity contribution in [3.05, 3.63) is 71.5 Å². The minimum atomic E-state index is -4.54. The number of anilines is 1. The van der Waals surface area contributed by atoms with E-state index in [4.69, 9.17) is 0 Å². The minimum Gasteiger partial charge on any atom is -0.481 e. The number of carboxylic acids is 1. The summed E-state index contributed by atoms with van der Waals surface area (Å²) in [5.74, 6) is -0.969. The third kappa shape index (κ3) is 4.04. The first-order chi connectivity index (χ1) is 15.7. The molecule has 2 aromatic heterocycles. The van der Waals surface area contributed by atoms with Crippen LogP contribution in [0.5, 0.6) is 0 Å². The van der Waals surface area contributed by atoms with Crippen LogP contribution in [0.25, 0.3) is 11.4 Å². The summed E-state index contributed by atoms with van der Waals surface area (Å²) in [5, 5.41) is 19.5. The number of nitriles is 1. The first-order valence-corrected chi connectivity index (χ1v) is 10.3. The summed E-state index contributed by atoms with van der Waals surface area (Å²) in [6.07, 6.45) is -0.580. The Balaban J connectivity index is 1.58. The van der Waals surface area contributed by atoms with Gasteiger partial charge in [0.05, 0.1) is 33.6 Å². The van der Waals surface area contributed by atoms with Gasteiger partial charge >= 0.3 is 12.1 Å². The van der Waals surface area contributed by atoms with Crippen molar-refractivity contribution in [1.82, 2.24) is 9.55 Å². The zero-order valence-corrected chi connectivity index (χ0v) is 17.8. The number of nitrogens with zero attached hydrogens (tertiary/aromatic N) is 4. The fourth-order valence-electron chi connectivity index (χ4n) is 4.39. The van der Waals surface area contributed by atoms with Crippen LogP contribution in [0, 0.1) is 11.3 Å². The second kappa shape index (κ2) is 8.28. The zero-order valence-electron chi connectivity index (χ0n) is 17.8. The molecule has 6 nitrogen and oxygen atoms in total. The van der Waals surface area contributed by atoms with Crippen LogP contribution < -0.4 is 4.90 Å². The Bertz CT molecular complexity index is 1220. The van der Waals surface area contributed by atoms with Gasteiger partial charge in [0, 0.05) is 32.5 Å². The number of rotatable bonds is 4. The summed E-state index contributed by atoms with van der Waals surface area (Å²) in [6, 6.07) is 12.3. The predicted molar refractivity (Wildman–Crippen MR) is 116 cm³/mol. The number of aliphatic carboxylic acids is 1. The average molecular weight is 454 g/mol. The van der Waals surface area contributed by atoms with Crippen molar-refractivity contribution >= 4 is 11.7 Å². The van der Waals surface area contributed by atoms with Crippen molar-refractivity contribution in [1.29, 1.82) is 5.26 Å². The summed E-state index contributed by atoms with van der Waals surface area (Å²) < 4.78 is 40.9. The number of carbonyl (C=O) groups is 1. The summed E-state index contributed by atoms with van der Waals surface area (Å²) in [5.41, 5.74) is 0.474. The van der Waals surface area contributed by atoms with E-state index in [1.54, 1.807) is 23.2 Å². The summed E-state index contributed by atoms with van der Waals surface area (Å²) in [6.45, 7) is 0.567. The first-order valence-electron chi connectivity index (χ1n) is 10.3. The van der Waals surface area contributed by atoms with Crippen LogP contribution in [0.4, 0.5) is 18.9 Å². The summed E-state index contributed by atoms with van der Waals surface area (Å²) in [4.78, 5) is 18.6. The smallest absolute Gasteiger partial charge is 0.416 e. The van der Waals surface area contributed by atoms with Gasteiger partial charge in [-0.1, -0.05) is 6.07 Å². The van der Waals surface area contributed by atoms with E-state index in [0.717, 1.165) is 23.5 Å². The lowest BCUT2D eigenvalue weighted by Gasteiger charge is -2.40. The van der Waals surface area contributed by atoms with E-state index in [0.29, 0.717) is 11.3 Å². The largest absolute Gasteiger partial charge is 0.481 e. The zero-order chi connectivity index (χ0) is 23.8. The molecule has 1 fully saturated rings. The van der Waals surface area contributed by atoms with Crippen LogP contribution in [-0.4, -0.2) is 33.7 Å². The molecule has 3 aromatic rings. The van der Waals surface area contributed by atoms with E-state index in [-0.39, 0.29) is 31.5 Å². The van der Waals surface area contributed by atoms with Crippen LogP contribution in [0.1, 0.15) is 29.5 Å². The standard InChI is InChI=1S/C24H21F3N4O2/c1-30-10-2-3-21(30)19-6-4-18(15-29-19)23(22(32)33)8-11-31(12-9-23)20-7-5-17(24(25,26)27)13-16(20)14-28/h2-7,10,13,15H,8-9,11-12H2,1H3,(H,32,33). The number of pyridine rings is 1. The van der Waals surface area contributed by atoms with Crippen LogP contribution in [-0.2, 0) is 23.4 Å². The topological polar surface area (TPSA) is 82.2 Å². The Hall–Kier alpha value is -3.80. The lowest BCUT2D eigenvalue weighted by atomic mass is 9.73. The number of hydrogen-bond donors (Lipinski definition) is 1. The average Bonchev–Trinajstić information content (AvgIpc) is 3.24. The molecule has 1 saturated heterocycles. The second-order valence-electron chi connectivity index (χ2n) is 8.15. The molecule has 1 N–H and O–H groups in total. The molecule has 9 heteroatoms. The Kier molecular flexibility index (Phi) is 5.62. The molecule has 0 unspecified atom stereocenters. The number of hydrogen-bond acceptors (Lipinski definition) is 4. The summed E-state index contributed by atoms with van der Waals surface area (Å²) >= 11 is 0. The molecule has 0 amide bonds. The Morgan fingerprint density at radius 3 is 2.42 bits per heavy atom. The van der Waals surface area contributed by atoms with Crippen molar-refractivity contribution in [3.8, 4) is 17.5 Å². The molecule has 0 atom stereocenters. The van der Waals surface area contributed by atoms with Crippen LogP contribution in [0.15, 0.2) is 54.9 Å². The third-order valence-electron chi connectivity index (χ3n) is 6.33. The van der Waals surface area contributed by atoms with Crippen molar-refractivity contribution in [3.63, 3.8) is 0 Å². The molecule has 4 rings (SSSR count). The van der Waals surface area contributed by atoms with E-state index < -0.39 is 23.1 Å². The molecule has 170 valence electrons. The maximum absolute atomic E-state index is 13.0. The van der Waals surface area contributed by atoms with Gasteiger partial charge in [0.1, 0.15) is 6.07 Å². The number of aryl methyl sites for hydroxylation is 1. The van der Waals surface area contributed by atoms with Gasteiger partial charge in [0.15, 0.2) is 0 Å². The second-order valence-corrected chi connectivity index (χ2v) is 8.15. The van der Waals surface area contributed by atoms with Crippen molar-refractivity contribution in [2.24, 2.45) is 7.05 Å².